The molecule has 2 aliphatic rings. The van der Waals surface area contributed by atoms with E-state index in [1.54, 1.807) is 24.0 Å². The van der Waals surface area contributed by atoms with Crippen molar-refractivity contribution in [3.63, 3.8) is 0 Å². The first-order valence-corrected chi connectivity index (χ1v) is 11.0. The molecule has 1 N–H and O–H groups in total. The van der Waals surface area contributed by atoms with Gasteiger partial charge >= 0.3 is 0 Å². The summed E-state index contributed by atoms with van der Waals surface area (Å²) in [6, 6.07) is 13.0. The normalized spacial score (nSPS) is 16.5. The third kappa shape index (κ3) is 4.20. The average molecular weight is 401 g/mol. The van der Waals surface area contributed by atoms with E-state index in [9.17, 15) is 13.2 Å². The minimum absolute atomic E-state index is 0.0601. The molecule has 28 heavy (non-hydrogen) atoms. The standard InChI is InChI=1S/C21H24N2O4S/c1-15-12-19(28(25,26)22-18-6-7-18)8-9-20(15)27-14-21(24)23-11-10-16-4-2-3-5-17(16)13-23/h2-5,8-9,12,18,22H,6-7,10-11,13-14H2,1H3. The maximum atomic E-state index is 12.5. The van der Waals surface area contributed by atoms with E-state index in [1.807, 2.05) is 12.1 Å². The van der Waals surface area contributed by atoms with E-state index in [4.69, 9.17) is 4.74 Å². The summed E-state index contributed by atoms with van der Waals surface area (Å²) in [4.78, 5) is 14.6. The molecule has 0 bridgehead atoms. The van der Waals surface area contributed by atoms with Crippen LogP contribution in [0.4, 0.5) is 0 Å². The van der Waals surface area contributed by atoms with Crippen LogP contribution in [0.5, 0.6) is 5.75 Å². The van der Waals surface area contributed by atoms with Crippen LogP contribution in [-0.4, -0.2) is 38.4 Å². The lowest BCUT2D eigenvalue weighted by atomic mass is 10.00. The second-order valence-electron chi connectivity index (χ2n) is 7.45. The zero-order chi connectivity index (χ0) is 19.7. The van der Waals surface area contributed by atoms with Crippen molar-refractivity contribution in [2.24, 2.45) is 0 Å². The molecule has 0 saturated heterocycles. The predicted molar refractivity (Wildman–Crippen MR) is 106 cm³/mol. The zero-order valence-corrected chi connectivity index (χ0v) is 16.7. The van der Waals surface area contributed by atoms with Crippen LogP contribution in [0.25, 0.3) is 0 Å². The van der Waals surface area contributed by atoms with Crippen LogP contribution in [0.15, 0.2) is 47.4 Å². The highest BCUT2D eigenvalue weighted by Crippen LogP contribution is 2.26. The number of rotatable bonds is 6. The molecular weight excluding hydrogens is 376 g/mol. The molecule has 2 aromatic rings. The number of sulfonamides is 1. The van der Waals surface area contributed by atoms with E-state index in [0.717, 1.165) is 19.3 Å². The summed E-state index contributed by atoms with van der Waals surface area (Å²) in [6.07, 6.45) is 2.63. The zero-order valence-electron chi connectivity index (χ0n) is 15.8. The minimum Gasteiger partial charge on any atom is -0.483 e. The molecule has 0 radical (unpaired) electrons. The molecule has 0 spiro atoms. The Morgan fingerprint density at radius 3 is 2.64 bits per heavy atom. The quantitative estimate of drug-likeness (QED) is 0.808. The Bertz CT molecular complexity index is 999. The van der Waals surface area contributed by atoms with Gasteiger partial charge in [-0.1, -0.05) is 24.3 Å². The lowest BCUT2D eigenvalue weighted by Gasteiger charge is -2.28. The number of hydrogen-bond donors (Lipinski definition) is 1. The SMILES string of the molecule is Cc1cc(S(=O)(=O)NC2CC2)ccc1OCC(=O)N1CCc2ccccc2C1. The van der Waals surface area contributed by atoms with Crippen molar-refractivity contribution >= 4 is 15.9 Å². The summed E-state index contributed by atoms with van der Waals surface area (Å²) in [5, 5.41) is 0. The van der Waals surface area contributed by atoms with Gasteiger partial charge in [-0.3, -0.25) is 4.79 Å². The molecule has 0 aromatic heterocycles. The van der Waals surface area contributed by atoms with Crippen LogP contribution in [0.3, 0.4) is 0 Å². The molecule has 1 fully saturated rings. The third-order valence-corrected chi connectivity index (χ3v) is 6.71. The molecule has 4 rings (SSSR count). The molecule has 1 saturated carbocycles. The Labute approximate surface area is 165 Å². The molecule has 2 aromatic carbocycles. The number of nitrogens with zero attached hydrogens (tertiary/aromatic N) is 1. The predicted octanol–water partition coefficient (Wildman–Crippen LogP) is 2.40. The molecule has 148 valence electrons. The highest BCUT2D eigenvalue weighted by atomic mass is 32.2. The fourth-order valence-electron chi connectivity index (χ4n) is 3.38. The second-order valence-corrected chi connectivity index (χ2v) is 9.16. The summed E-state index contributed by atoms with van der Waals surface area (Å²) < 4.78 is 33.0. The first-order chi connectivity index (χ1) is 13.4. The summed E-state index contributed by atoms with van der Waals surface area (Å²) in [6.45, 7) is 3.01. The van der Waals surface area contributed by atoms with Crippen LogP contribution in [0, 0.1) is 6.92 Å². The molecule has 1 aliphatic heterocycles. The van der Waals surface area contributed by atoms with Crippen molar-refractivity contribution in [3.05, 3.63) is 59.2 Å². The smallest absolute Gasteiger partial charge is 0.260 e. The first kappa shape index (κ1) is 19.0. The number of ether oxygens (including phenoxy) is 1. The van der Waals surface area contributed by atoms with Crippen LogP contribution in [-0.2, 0) is 27.8 Å². The monoisotopic (exact) mass is 400 g/mol. The van der Waals surface area contributed by atoms with E-state index in [1.165, 1.54) is 17.2 Å². The summed E-state index contributed by atoms with van der Waals surface area (Å²) in [5.41, 5.74) is 3.16. The van der Waals surface area contributed by atoms with Gasteiger partial charge in [0, 0.05) is 19.1 Å². The topological polar surface area (TPSA) is 75.7 Å². The van der Waals surface area contributed by atoms with Gasteiger partial charge in [0.05, 0.1) is 4.90 Å². The number of hydrogen-bond acceptors (Lipinski definition) is 4. The van der Waals surface area contributed by atoms with Gasteiger partial charge < -0.3 is 9.64 Å². The lowest BCUT2D eigenvalue weighted by molar-refractivity contribution is -0.134. The molecule has 1 amide bonds. The number of benzene rings is 2. The van der Waals surface area contributed by atoms with Crippen molar-refractivity contribution < 1.29 is 17.9 Å². The summed E-state index contributed by atoms with van der Waals surface area (Å²) in [7, 11) is -3.49. The number of fused-ring (bicyclic) bond motifs is 1. The van der Waals surface area contributed by atoms with Gasteiger partial charge in [0.15, 0.2) is 6.61 Å². The van der Waals surface area contributed by atoms with E-state index >= 15 is 0 Å². The van der Waals surface area contributed by atoms with Crippen LogP contribution in [0.1, 0.15) is 29.5 Å². The number of carbonyl (C=O) groups excluding carboxylic acids is 1. The van der Waals surface area contributed by atoms with Crippen molar-refractivity contribution in [2.45, 2.75) is 43.7 Å². The molecule has 1 heterocycles. The molecule has 7 heteroatoms. The van der Waals surface area contributed by atoms with E-state index < -0.39 is 10.0 Å². The molecule has 0 unspecified atom stereocenters. The second kappa shape index (κ2) is 7.56. The van der Waals surface area contributed by atoms with E-state index in [-0.39, 0.29) is 23.5 Å². The van der Waals surface area contributed by atoms with Gasteiger partial charge in [0.1, 0.15) is 5.75 Å². The molecular formula is C21H24N2O4S. The van der Waals surface area contributed by atoms with Crippen molar-refractivity contribution in [1.29, 1.82) is 0 Å². The Morgan fingerprint density at radius 1 is 1.18 bits per heavy atom. The molecule has 6 nitrogen and oxygen atoms in total. The number of nitrogens with one attached hydrogen (secondary N) is 1. The Kier molecular flexibility index (Phi) is 5.12. The van der Waals surface area contributed by atoms with Crippen LogP contribution < -0.4 is 9.46 Å². The van der Waals surface area contributed by atoms with Crippen molar-refractivity contribution in [1.82, 2.24) is 9.62 Å². The van der Waals surface area contributed by atoms with Crippen LogP contribution in [0.2, 0.25) is 0 Å². The van der Waals surface area contributed by atoms with E-state index in [2.05, 4.69) is 16.9 Å². The van der Waals surface area contributed by atoms with Gasteiger partial charge in [-0.05, 0) is 61.1 Å². The van der Waals surface area contributed by atoms with Gasteiger partial charge in [-0.15, -0.1) is 0 Å². The number of carbonyl (C=O) groups is 1. The fourth-order valence-corrected chi connectivity index (χ4v) is 4.77. The third-order valence-electron chi connectivity index (χ3n) is 5.19. The van der Waals surface area contributed by atoms with Crippen molar-refractivity contribution in [3.8, 4) is 5.75 Å². The summed E-state index contributed by atoms with van der Waals surface area (Å²) in [5.74, 6) is 0.456. The van der Waals surface area contributed by atoms with Crippen molar-refractivity contribution in [2.75, 3.05) is 13.2 Å². The maximum absolute atomic E-state index is 12.5. The largest absolute Gasteiger partial charge is 0.483 e. The highest BCUT2D eigenvalue weighted by Gasteiger charge is 2.28. The minimum atomic E-state index is -3.49. The fraction of sp³-hybridized carbons (Fsp3) is 0.381. The first-order valence-electron chi connectivity index (χ1n) is 9.53. The Hall–Kier alpha value is -2.38. The van der Waals surface area contributed by atoms with E-state index in [0.29, 0.717) is 24.4 Å². The van der Waals surface area contributed by atoms with Gasteiger partial charge in [-0.25, -0.2) is 13.1 Å². The number of aryl methyl sites for hydroxylation is 1. The van der Waals surface area contributed by atoms with Crippen LogP contribution >= 0.6 is 0 Å². The molecule has 1 aliphatic carbocycles. The van der Waals surface area contributed by atoms with Gasteiger partial charge in [0.2, 0.25) is 10.0 Å². The maximum Gasteiger partial charge on any atom is 0.260 e. The number of amides is 1. The lowest BCUT2D eigenvalue weighted by Crippen LogP contribution is -2.38. The Balaban J connectivity index is 1.37. The average Bonchev–Trinajstić information content (AvgIpc) is 3.49. The molecule has 0 atom stereocenters. The Morgan fingerprint density at radius 2 is 1.93 bits per heavy atom. The van der Waals surface area contributed by atoms with Gasteiger partial charge in [-0.2, -0.15) is 0 Å². The summed E-state index contributed by atoms with van der Waals surface area (Å²) >= 11 is 0. The van der Waals surface area contributed by atoms with Gasteiger partial charge in [0.25, 0.3) is 5.91 Å². The highest BCUT2D eigenvalue weighted by molar-refractivity contribution is 7.89.